The molecule has 0 spiro atoms. The smallest absolute Gasteiger partial charge is 0.338 e. The molecule has 1 aliphatic rings. The molecule has 1 aromatic heterocycles. The molecule has 4 rings (SSSR count). The van der Waals surface area contributed by atoms with Gasteiger partial charge in [0.05, 0.1) is 42.7 Å². The number of methoxy groups -OCH3 is 2. The molecule has 0 saturated heterocycles. The maximum atomic E-state index is 13.6. The molecule has 2 heterocycles. The van der Waals surface area contributed by atoms with Crippen LogP contribution in [0.25, 0.3) is 6.08 Å². The quantitative estimate of drug-likeness (QED) is 0.509. The molecule has 3 aromatic rings. The lowest BCUT2D eigenvalue weighted by Gasteiger charge is -2.25. The van der Waals surface area contributed by atoms with Gasteiger partial charge in [-0.15, -0.1) is 0 Å². The molecule has 0 radical (unpaired) electrons. The first-order valence-corrected chi connectivity index (χ1v) is 11.7. The summed E-state index contributed by atoms with van der Waals surface area (Å²) < 4.78 is 18.3. The highest BCUT2D eigenvalue weighted by atomic mass is 32.1. The van der Waals surface area contributed by atoms with Crippen LogP contribution >= 0.6 is 11.3 Å². The van der Waals surface area contributed by atoms with Crippen LogP contribution in [0.2, 0.25) is 0 Å². The lowest BCUT2D eigenvalue weighted by atomic mass is 9.95. The van der Waals surface area contributed by atoms with Gasteiger partial charge in [-0.05, 0) is 50.1 Å². The molecule has 7 nitrogen and oxygen atoms in total. The number of rotatable bonds is 6. The summed E-state index contributed by atoms with van der Waals surface area (Å²) in [6.45, 7) is 5.74. The van der Waals surface area contributed by atoms with Crippen molar-refractivity contribution in [3.05, 3.63) is 90.1 Å². The van der Waals surface area contributed by atoms with Gasteiger partial charge in [0.1, 0.15) is 0 Å². The van der Waals surface area contributed by atoms with Gasteiger partial charge >= 0.3 is 5.97 Å². The fourth-order valence-electron chi connectivity index (χ4n) is 3.94. The molecule has 0 N–H and O–H groups in total. The molecule has 0 amide bonds. The van der Waals surface area contributed by atoms with Crippen molar-refractivity contribution in [1.29, 1.82) is 0 Å². The van der Waals surface area contributed by atoms with Gasteiger partial charge in [-0.3, -0.25) is 9.36 Å². The van der Waals surface area contributed by atoms with Gasteiger partial charge < -0.3 is 14.2 Å². The second-order valence-electron chi connectivity index (χ2n) is 7.83. The van der Waals surface area contributed by atoms with E-state index in [0.717, 1.165) is 11.1 Å². The number of carbonyl (C=O) groups is 1. The van der Waals surface area contributed by atoms with E-state index in [2.05, 4.69) is 4.99 Å². The Morgan fingerprint density at radius 1 is 1.09 bits per heavy atom. The predicted octanol–water partition coefficient (Wildman–Crippen LogP) is 3.12. The molecule has 0 fully saturated rings. The number of ether oxygens (including phenoxy) is 3. The minimum absolute atomic E-state index is 0.214. The standard InChI is InChI=1S/C26H26N2O5S/c1-6-33-25(30)22-16(3)27-26-28(23(22)18-11-12-19(31-4)20(14-18)32-5)24(29)21(34-26)13-17-9-7-15(2)8-10-17/h7-14,23H,6H2,1-5H3/t23-/m0/s1. The van der Waals surface area contributed by atoms with Crippen LogP contribution in [-0.2, 0) is 9.53 Å². The summed E-state index contributed by atoms with van der Waals surface area (Å²) in [4.78, 5) is 31.8. The number of fused-ring (bicyclic) bond motifs is 1. The Labute approximate surface area is 201 Å². The van der Waals surface area contributed by atoms with Crippen molar-refractivity contribution in [2.24, 2.45) is 4.99 Å². The Balaban J connectivity index is 1.96. The van der Waals surface area contributed by atoms with Crippen LogP contribution in [0, 0.1) is 6.92 Å². The summed E-state index contributed by atoms with van der Waals surface area (Å²) in [5, 5.41) is 0. The fraction of sp³-hybridized carbons (Fsp3) is 0.269. The molecular formula is C26H26N2O5S. The minimum Gasteiger partial charge on any atom is -0.493 e. The molecule has 1 aliphatic heterocycles. The lowest BCUT2D eigenvalue weighted by molar-refractivity contribution is -0.139. The van der Waals surface area contributed by atoms with E-state index in [-0.39, 0.29) is 12.2 Å². The third-order valence-electron chi connectivity index (χ3n) is 5.62. The summed E-state index contributed by atoms with van der Waals surface area (Å²) in [6, 6.07) is 12.6. The Morgan fingerprint density at radius 3 is 2.44 bits per heavy atom. The van der Waals surface area contributed by atoms with Crippen LogP contribution in [0.1, 0.15) is 36.6 Å². The Bertz CT molecular complexity index is 1450. The Kier molecular flexibility index (Phi) is 6.70. The number of allylic oxidation sites excluding steroid dienone is 1. The lowest BCUT2D eigenvalue weighted by Crippen LogP contribution is -2.39. The number of aromatic nitrogens is 1. The van der Waals surface area contributed by atoms with E-state index in [1.807, 2.05) is 43.3 Å². The number of thiazole rings is 1. The summed E-state index contributed by atoms with van der Waals surface area (Å²) in [5.74, 6) is 0.549. The van der Waals surface area contributed by atoms with Gasteiger partial charge in [0.25, 0.3) is 5.56 Å². The molecule has 2 aromatic carbocycles. The van der Waals surface area contributed by atoms with Crippen LogP contribution < -0.4 is 24.4 Å². The molecule has 0 aliphatic carbocycles. The second-order valence-corrected chi connectivity index (χ2v) is 8.84. The number of hydrogen-bond donors (Lipinski definition) is 0. The minimum atomic E-state index is -0.713. The summed E-state index contributed by atoms with van der Waals surface area (Å²) in [7, 11) is 3.10. The van der Waals surface area contributed by atoms with E-state index in [1.165, 1.54) is 11.3 Å². The normalized spacial score (nSPS) is 15.6. The average Bonchev–Trinajstić information content (AvgIpc) is 3.13. The maximum Gasteiger partial charge on any atom is 0.338 e. The van der Waals surface area contributed by atoms with E-state index in [1.54, 1.807) is 44.8 Å². The zero-order valence-electron chi connectivity index (χ0n) is 19.7. The van der Waals surface area contributed by atoms with Gasteiger partial charge in [0.15, 0.2) is 16.3 Å². The first-order valence-electron chi connectivity index (χ1n) is 10.9. The number of hydrogen-bond acceptors (Lipinski definition) is 7. The monoisotopic (exact) mass is 478 g/mol. The Morgan fingerprint density at radius 2 is 1.79 bits per heavy atom. The van der Waals surface area contributed by atoms with Gasteiger partial charge in [0.2, 0.25) is 0 Å². The first-order chi connectivity index (χ1) is 16.4. The molecule has 0 saturated carbocycles. The fourth-order valence-corrected chi connectivity index (χ4v) is 4.99. The third-order valence-corrected chi connectivity index (χ3v) is 6.60. The molecule has 176 valence electrons. The zero-order chi connectivity index (χ0) is 24.4. The molecule has 1 atom stereocenters. The predicted molar refractivity (Wildman–Crippen MR) is 131 cm³/mol. The third kappa shape index (κ3) is 4.28. The highest BCUT2D eigenvalue weighted by molar-refractivity contribution is 7.07. The van der Waals surface area contributed by atoms with Crippen molar-refractivity contribution in [3.63, 3.8) is 0 Å². The number of nitrogens with zero attached hydrogens (tertiary/aromatic N) is 2. The topological polar surface area (TPSA) is 79.1 Å². The largest absolute Gasteiger partial charge is 0.493 e. The van der Waals surface area contributed by atoms with Crippen molar-refractivity contribution >= 4 is 23.4 Å². The average molecular weight is 479 g/mol. The van der Waals surface area contributed by atoms with Crippen LogP contribution in [0.15, 0.2) is 63.5 Å². The molecule has 0 bridgehead atoms. The summed E-state index contributed by atoms with van der Waals surface area (Å²) in [6.07, 6.45) is 1.85. The highest BCUT2D eigenvalue weighted by Crippen LogP contribution is 2.36. The molecule has 8 heteroatoms. The van der Waals surface area contributed by atoms with Crippen molar-refractivity contribution < 1.29 is 19.0 Å². The summed E-state index contributed by atoms with van der Waals surface area (Å²) >= 11 is 1.29. The SMILES string of the molecule is CCOC(=O)C1=C(C)N=c2sc(=Cc3ccc(C)cc3)c(=O)n2[C@H]1c1ccc(OC)c(OC)c1. The second kappa shape index (κ2) is 9.69. The van der Waals surface area contributed by atoms with E-state index in [0.29, 0.717) is 37.7 Å². The van der Waals surface area contributed by atoms with Crippen LogP contribution in [-0.4, -0.2) is 31.4 Å². The van der Waals surface area contributed by atoms with Gasteiger partial charge in [-0.1, -0.05) is 47.2 Å². The van der Waals surface area contributed by atoms with Crippen molar-refractivity contribution in [3.8, 4) is 11.5 Å². The number of aryl methyl sites for hydroxylation is 1. The van der Waals surface area contributed by atoms with Crippen LogP contribution in [0.3, 0.4) is 0 Å². The summed E-state index contributed by atoms with van der Waals surface area (Å²) in [5.41, 5.74) is 3.36. The molecule has 34 heavy (non-hydrogen) atoms. The molecule has 0 unspecified atom stereocenters. The first kappa shape index (κ1) is 23.5. The van der Waals surface area contributed by atoms with Crippen LogP contribution in [0.4, 0.5) is 0 Å². The number of benzene rings is 2. The van der Waals surface area contributed by atoms with Gasteiger partial charge in [-0.2, -0.15) is 0 Å². The highest BCUT2D eigenvalue weighted by Gasteiger charge is 2.33. The van der Waals surface area contributed by atoms with Crippen LogP contribution in [0.5, 0.6) is 11.5 Å². The molecular weight excluding hydrogens is 452 g/mol. The van der Waals surface area contributed by atoms with Crippen molar-refractivity contribution in [1.82, 2.24) is 4.57 Å². The van der Waals surface area contributed by atoms with Gasteiger partial charge in [-0.25, -0.2) is 9.79 Å². The van der Waals surface area contributed by atoms with E-state index >= 15 is 0 Å². The Hall–Kier alpha value is -3.65. The zero-order valence-corrected chi connectivity index (χ0v) is 20.6. The van der Waals surface area contributed by atoms with E-state index < -0.39 is 12.0 Å². The van der Waals surface area contributed by atoms with E-state index in [9.17, 15) is 9.59 Å². The van der Waals surface area contributed by atoms with Crippen molar-refractivity contribution in [2.45, 2.75) is 26.8 Å². The number of carbonyl (C=O) groups excluding carboxylic acids is 1. The maximum absolute atomic E-state index is 13.6. The van der Waals surface area contributed by atoms with E-state index in [4.69, 9.17) is 14.2 Å². The van der Waals surface area contributed by atoms with Gasteiger partial charge in [0, 0.05) is 0 Å². The van der Waals surface area contributed by atoms with Crippen molar-refractivity contribution in [2.75, 3.05) is 20.8 Å². The number of esters is 1.